The van der Waals surface area contributed by atoms with Gasteiger partial charge in [-0.3, -0.25) is 0 Å². The van der Waals surface area contributed by atoms with Crippen molar-refractivity contribution in [2.75, 3.05) is 33.5 Å². The Morgan fingerprint density at radius 2 is 1.25 bits per heavy atom. The van der Waals surface area contributed by atoms with E-state index >= 15 is 0 Å². The Balaban J connectivity index is 0.841. The standard InChI is InChI=1S/C51H84O22/c1-21(20-65-45-40(61)38(59)35(56)30(17-52)68-45)9-14-51(64-6)22(2)33-29(73-51)16-28-26-8-7-24-15-25(10-12-49(24,4)27(26)11-13-50(28,33)5)67-48-42(63)44(72-46-41(62)37(58)34(55)23(3)66-46)43(32(19-54)70-48)71-47-39(60)36(57)31(18-53)69-47/h7,21-23,25-48,52-63H,8-20H2,1-6H3/t21-,22+,23+,25+,26-,27+,28+,29+,30-,31+,32-,33+,34+,35-,36+,37-,38+,39-,40-,41-,42-,43-,44-,45-,46+,47+,48-,49+,50+,51+/m1/s1. The molecule has 420 valence electrons. The fourth-order valence-corrected chi connectivity index (χ4v) is 15.1. The third kappa shape index (κ3) is 10.0. The Bertz CT molecular complexity index is 1880. The van der Waals surface area contributed by atoms with Crippen LogP contribution in [0, 0.1) is 46.3 Å². The van der Waals surface area contributed by atoms with E-state index in [0.717, 1.165) is 32.1 Å². The molecule has 12 N–H and O–H groups in total. The van der Waals surface area contributed by atoms with Crippen LogP contribution < -0.4 is 0 Å². The predicted molar refractivity (Wildman–Crippen MR) is 249 cm³/mol. The van der Waals surface area contributed by atoms with E-state index in [4.69, 9.17) is 47.4 Å². The van der Waals surface area contributed by atoms with E-state index in [1.165, 1.54) is 12.5 Å². The molecule has 5 saturated heterocycles. The van der Waals surface area contributed by atoms with Crippen molar-refractivity contribution in [1.29, 1.82) is 0 Å². The fourth-order valence-electron chi connectivity index (χ4n) is 15.1. The van der Waals surface area contributed by atoms with Gasteiger partial charge in [0.15, 0.2) is 30.9 Å². The average molecular weight is 1050 g/mol. The van der Waals surface area contributed by atoms with Crippen molar-refractivity contribution >= 4 is 0 Å². The number of allylic oxidation sites excluding steroid dienone is 1. The lowest BCUT2D eigenvalue weighted by Crippen LogP contribution is -2.65. The number of hydrogen-bond acceptors (Lipinski definition) is 22. The first-order valence-corrected chi connectivity index (χ1v) is 26.7. The summed E-state index contributed by atoms with van der Waals surface area (Å²) in [5.74, 6) is 0.933. The van der Waals surface area contributed by atoms with Crippen molar-refractivity contribution in [3.63, 3.8) is 0 Å². The number of methoxy groups -OCH3 is 1. The molecule has 0 aromatic heterocycles. The molecule has 4 aliphatic carbocycles. The second kappa shape index (κ2) is 22.2. The lowest BCUT2D eigenvalue weighted by Gasteiger charge is -2.58. The second-order valence-electron chi connectivity index (χ2n) is 23.5. The van der Waals surface area contributed by atoms with Crippen LogP contribution in [0.1, 0.15) is 92.4 Å². The van der Waals surface area contributed by atoms with E-state index in [1.54, 1.807) is 7.11 Å². The number of fused-ring (bicyclic) bond motifs is 7. The maximum absolute atomic E-state index is 12.0. The van der Waals surface area contributed by atoms with Crippen LogP contribution in [0.25, 0.3) is 0 Å². The van der Waals surface area contributed by atoms with Gasteiger partial charge in [-0.1, -0.05) is 39.3 Å². The first-order valence-electron chi connectivity index (χ1n) is 26.7. The van der Waals surface area contributed by atoms with Gasteiger partial charge < -0.3 is 109 Å². The summed E-state index contributed by atoms with van der Waals surface area (Å²) in [4.78, 5) is 0. The molecule has 73 heavy (non-hydrogen) atoms. The number of aliphatic hydroxyl groups excluding tert-OH is 12. The predicted octanol–water partition coefficient (Wildman–Crippen LogP) is -1.71. The zero-order chi connectivity index (χ0) is 52.6. The highest BCUT2D eigenvalue weighted by atomic mass is 16.8. The largest absolute Gasteiger partial charge is 0.394 e. The summed E-state index contributed by atoms with van der Waals surface area (Å²) < 4.78 is 61.1. The Hall–Kier alpha value is -1.14. The Morgan fingerprint density at radius 1 is 0.658 bits per heavy atom. The van der Waals surface area contributed by atoms with Gasteiger partial charge in [-0.25, -0.2) is 0 Å². The highest BCUT2D eigenvalue weighted by Gasteiger charge is 2.68. The summed E-state index contributed by atoms with van der Waals surface area (Å²) in [6, 6.07) is 0. The van der Waals surface area contributed by atoms with Gasteiger partial charge in [0.05, 0.1) is 44.7 Å². The molecule has 0 bridgehead atoms. The third-order valence-electron chi connectivity index (χ3n) is 19.5. The highest BCUT2D eigenvalue weighted by Crippen LogP contribution is 2.70. The van der Waals surface area contributed by atoms with Gasteiger partial charge in [0.1, 0.15) is 85.5 Å². The van der Waals surface area contributed by atoms with Crippen molar-refractivity contribution < 1.29 is 109 Å². The van der Waals surface area contributed by atoms with E-state index in [9.17, 15) is 61.3 Å². The van der Waals surface area contributed by atoms with Gasteiger partial charge in [-0.15, -0.1) is 0 Å². The molecule has 0 unspecified atom stereocenters. The zero-order valence-electron chi connectivity index (χ0n) is 42.8. The number of ether oxygens (including phenoxy) is 10. The van der Waals surface area contributed by atoms with E-state index < -0.39 is 148 Å². The topological polar surface area (TPSA) is 335 Å². The van der Waals surface area contributed by atoms with Gasteiger partial charge in [0.2, 0.25) is 0 Å². The van der Waals surface area contributed by atoms with Gasteiger partial charge in [0, 0.05) is 19.4 Å². The molecule has 0 amide bonds. The molecule has 30 atom stereocenters. The maximum atomic E-state index is 12.0. The van der Waals surface area contributed by atoms with E-state index in [0.29, 0.717) is 43.4 Å². The number of hydrogen-bond donors (Lipinski definition) is 12. The summed E-state index contributed by atoms with van der Waals surface area (Å²) in [5.41, 5.74) is 1.22. The van der Waals surface area contributed by atoms with Crippen LogP contribution in [-0.2, 0) is 47.4 Å². The van der Waals surface area contributed by atoms with Crippen molar-refractivity contribution in [1.82, 2.24) is 0 Å². The summed E-state index contributed by atoms with van der Waals surface area (Å²) in [7, 11) is 1.72. The lowest BCUT2D eigenvalue weighted by atomic mass is 9.47. The first kappa shape index (κ1) is 56.6. The molecular formula is C51H84O22. The number of aliphatic hydroxyl groups is 12. The monoisotopic (exact) mass is 1050 g/mol. The summed E-state index contributed by atoms with van der Waals surface area (Å²) in [5, 5.41) is 126. The van der Waals surface area contributed by atoms with E-state index in [1.807, 2.05) is 6.92 Å². The maximum Gasteiger partial charge on any atom is 0.187 e. The number of rotatable bonds is 16. The first-order chi connectivity index (χ1) is 34.6. The van der Waals surface area contributed by atoms with Crippen molar-refractivity contribution in [2.45, 2.75) is 227 Å². The van der Waals surface area contributed by atoms with Crippen LogP contribution in [-0.4, -0.2) is 230 Å². The summed E-state index contributed by atoms with van der Waals surface area (Å²) in [6.07, 6.45) is -17.9. The average Bonchev–Trinajstić information content (AvgIpc) is 3.95. The van der Waals surface area contributed by atoms with Crippen molar-refractivity contribution in [2.24, 2.45) is 46.3 Å². The van der Waals surface area contributed by atoms with Gasteiger partial charge in [0.25, 0.3) is 0 Å². The molecule has 0 radical (unpaired) electrons. The van der Waals surface area contributed by atoms with Gasteiger partial charge >= 0.3 is 0 Å². The minimum absolute atomic E-state index is 0.00783. The van der Waals surface area contributed by atoms with E-state index in [2.05, 4.69) is 26.8 Å². The second-order valence-corrected chi connectivity index (χ2v) is 23.5. The van der Waals surface area contributed by atoms with Gasteiger partial charge in [-0.2, -0.15) is 0 Å². The van der Waals surface area contributed by atoms with Crippen LogP contribution >= 0.6 is 0 Å². The molecule has 22 nitrogen and oxygen atoms in total. The zero-order valence-corrected chi connectivity index (χ0v) is 42.8. The SMILES string of the molecule is CO[C@@]1(CC[C@@H](C)CO[C@@H]2O[C@H](CO)[C@@H](O)[C@H](O)[C@H]2O)O[C@H]2C[C@H]3[C@@H]4CC=C5C[C@@H](O[C@@H]6O[C@H](CO)[C@@H](O[C@@H]7O[C@@H](CO)[C@H](O)[C@H]7O)[C@H](O[C@@H]7O[C@@H](C)[C@H](O)[C@@H](O)[C@H]7O)[C@H]6O)CC[C@]5(C)[C@H]4CC[C@]3(C)[C@H]2[C@@H]1C. The molecule has 9 aliphatic rings. The molecule has 9 rings (SSSR count). The van der Waals surface area contributed by atoms with Crippen LogP contribution in [0.2, 0.25) is 0 Å². The highest BCUT2D eigenvalue weighted by molar-refractivity contribution is 5.26. The minimum Gasteiger partial charge on any atom is -0.394 e. The van der Waals surface area contributed by atoms with Crippen LogP contribution in [0.3, 0.4) is 0 Å². The summed E-state index contributed by atoms with van der Waals surface area (Å²) >= 11 is 0. The molecule has 5 aliphatic heterocycles. The molecule has 3 saturated carbocycles. The Kier molecular flexibility index (Phi) is 17.2. The molecule has 22 heteroatoms. The molecule has 0 spiro atoms. The lowest BCUT2D eigenvalue weighted by molar-refractivity contribution is -0.376. The normalized spacial score (nSPS) is 54.3. The summed E-state index contributed by atoms with van der Waals surface area (Å²) in [6.45, 7) is 8.97. The van der Waals surface area contributed by atoms with Crippen LogP contribution in [0.15, 0.2) is 11.6 Å². The molecular weight excluding hydrogens is 965 g/mol. The molecule has 5 heterocycles. The Morgan fingerprint density at radius 3 is 1.93 bits per heavy atom. The molecule has 0 aromatic rings. The Labute approximate surface area is 426 Å². The molecule has 0 aromatic carbocycles. The fraction of sp³-hybridized carbons (Fsp3) is 0.961. The quantitative estimate of drug-likeness (QED) is 0.0766. The smallest absolute Gasteiger partial charge is 0.187 e. The van der Waals surface area contributed by atoms with Crippen LogP contribution in [0.4, 0.5) is 0 Å². The molecule has 8 fully saturated rings. The van der Waals surface area contributed by atoms with Gasteiger partial charge in [-0.05, 0) is 98.7 Å². The minimum atomic E-state index is -1.76. The third-order valence-corrected chi connectivity index (χ3v) is 19.5. The van der Waals surface area contributed by atoms with Crippen molar-refractivity contribution in [3.8, 4) is 0 Å². The van der Waals surface area contributed by atoms with Crippen LogP contribution in [0.5, 0.6) is 0 Å². The van der Waals surface area contributed by atoms with Crippen molar-refractivity contribution in [3.05, 3.63) is 11.6 Å². The van der Waals surface area contributed by atoms with E-state index in [-0.39, 0.29) is 41.3 Å².